The Kier molecular flexibility index (Phi) is 5.60. The predicted octanol–water partition coefficient (Wildman–Crippen LogP) is 3.31. The van der Waals surface area contributed by atoms with Gasteiger partial charge >= 0.3 is 0 Å². The number of carbonyl (C=O) groups excluding carboxylic acids is 1. The first-order valence-corrected chi connectivity index (χ1v) is 7.25. The molecule has 1 aromatic carbocycles. The lowest BCUT2D eigenvalue weighted by Crippen LogP contribution is -2.06. The number of hydrogen-bond donors (Lipinski definition) is 0. The van der Waals surface area contributed by atoms with Gasteiger partial charge in [-0.05, 0) is 52.9 Å². The molecular weight excluding hydrogens is 371 g/mol. The lowest BCUT2D eigenvalue weighted by molar-refractivity contribution is 0.109. The molecule has 2 rings (SSSR count). The van der Waals surface area contributed by atoms with Crippen molar-refractivity contribution in [3.05, 3.63) is 51.0 Å². The minimum atomic E-state index is 0.340. The van der Waals surface area contributed by atoms with Crippen molar-refractivity contribution in [2.75, 3.05) is 20.3 Å². The maximum absolute atomic E-state index is 10.6. The Labute approximate surface area is 131 Å². The van der Waals surface area contributed by atoms with Crippen LogP contribution in [0.15, 0.2) is 34.7 Å². The van der Waals surface area contributed by atoms with Crippen molar-refractivity contribution in [2.24, 2.45) is 0 Å². The highest BCUT2D eigenvalue weighted by Crippen LogP contribution is 2.24. The van der Waals surface area contributed by atoms with Crippen molar-refractivity contribution in [1.29, 1.82) is 0 Å². The van der Waals surface area contributed by atoms with Gasteiger partial charge in [0.15, 0.2) is 12.0 Å². The van der Waals surface area contributed by atoms with E-state index >= 15 is 0 Å². The molecule has 4 nitrogen and oxygen atoms in total. The zero-order valence-corrected chi connectivity index (χ0v) is 13.3. The first kappa shape index (κ1) is 15.1. The number of methoxy groups -OCH3 is 1. The SMILES string of the molecule is COCCOc1ccc(I)cc1Cc1ccc(C=O)o1. The molecule has 0 atom stereocenters. The fraction of sp³-hybridized carbons (Fsp3) is 0.267. The summed E-state index contributed by atoms with van der Waals surface area (Å²) in [5.74, 6) is 1.89. The Balaban J connectivity index is 2.15. The summed E-state index contributed by atoms with van der Waals surface area (Å²) in [6.07, 6.45) is 1.29. The summed E-state index contributed by atoms with van der Waals surface area (Å²) in [6.45, 7) is 1.04. The Morgan fingerprint density at radius 2 is 2.10 bits per heavy atom. The van der Waals surface area contributed by atoms with Gasteiger partial charge in [0.25, 0.3) is 0 Å². The largest absolute Gasteiger partial charge is 0.491 e. The molecule has 0 aliphatic carbocycles. The lowest BCUT2D eigenvalue weighted by atomic mass is 10.1. The number of hydrogen-bond acceptors (Lipinski definition) is 4. The highest BCUT2D eigenvalue weighted by molar-refractivity contribution is 14.1. The second kappa shape index (κ2) is 7.44. The van der Waals surface area contributed by atoms with Crippen LogP contribution in [0.3, 0.4) is 0 Å². The van der Waals surface area contributed by atoms with E-state index in [0.29, 0.717) is 31.7 Å². The van der Waals surface area contributed by atoms with Gasteiger partial charge in [0.05, 0.1) is 6.61 Å². The summed E-state index contributed by atoms with van der Waals surface area (Å²) >= 11 is 2.26. The fourth-order valence-electron chi connectivity index (χ4n) is 1.80. The molecule has 106 valence electrons. The number of ether oxygens (including phenoxy) is 2. The summed E-state index contributed by atoms with van der Waals surface area (Å²) in [7, 11) is 1.64. The van der Waals surface area contributed by atoms with E-state index in [-0.39, 0.29) is 0 Å². The van der Waals surface area contributed by atoms with E-state index < -0.39 is 0 Å². The summed E-state index contributed by atoms with van der Waals surface area (Å²) in [6, 6.07) is 9.46. The van der Waals surface area contributed by atoms with Crippen molar-refractivity contribution >= 4 is 28.9 Å². The van der Waals surface area contributed by atoms with Crippen LogP contribution >= 0.6 is 22.6 Å². The molecule has 0 aliphatic rings. The molecule has 0 saturated heterocycles. The van der Waals surface area contributed by atoms with E-state index in [1.165, 1.54) is 0 Å². The van der Waals surface area contributed by atoms with Crippen LogP contribution in [0.25, 0.3) is 0 Å². The number of aldehydes is 1. The highest BCUT2D eigenvalue weighted by atomic mass is 127. The number of carbonyl (C=O) groups is 1. The average molecular weight is 386 g/mol. The van der Waals surface area contributed by atoms with Gasteiger partial charge in [-0.15, -0.1) is 0 Å². The Hall–Kier alpha value is -1.34. The molecule has 2 aromatic rings. The van der Waals surface area contributed by atoms with Crippen molar-refractivity contribution in [2.45, 2.75) is 6.42 Å². The molecule has 20 heavy (non-hydrogen) atoms. The van der Waals surface area contributed by atoms with Gasteiger partial charge in [-0.25, -0.2) is 0 Å². The van der Waals surface area contributed by atoms with Crippen LogP contribution < -0.4 is 4.74 Å². The van der Waals surface area contributed by atoms with Gasteiger partial charge in [-0.2, -0.15) is 0 Å². The summed E-state index contributed by atoms with van der Waals surface area (Å²) in [4.78, 5) is 10.6. The van der Waals surface area contributed by atoms with Crippen LogP contribution in [0.4, 0.5) is 0 Å². The van der Waals surface area contributed by atoms with Gasteiger partial charge in [-0.3, -0.25) is 4.79 Å². The molecule has 1 aromatic heterocycles. The van der Waals surface area contributed by atoms with Crippen LogP contribution in [-0.2, 0) is 11.2 Å². The van der Waals surface area contributed by atoms with Crippen LogP contribution in [0.5, 0.6) is 5.75 Å². The second-order valence-corrected chi connectivity index (χ2v) is 5.44. The Morgan fingerprint density at radius 1 is 1.25 bits per heavy atom. The van der Waals surface area contributed by atoms with E-state index in [4.69, 9.17) is 13.9 Å². The maximum atomic E-state index is 10.6. The number of benzene rings is 1. The molecule has 0 bridgehead atoms. The second-order valence-electron chi connectivity index (χ2n) is 4.19. The molecule has 0 saturated carbocycles. The molecular formula is C15H15IO4. The first-order valence-electron chi connectivity index (χ1n) is 6.17. The smallest absolute Gasteiger partial charge is 0.185 e. The van der Waals surface area contributed by atoms with Crippen molar-refractivity contribution in [3.63, 3.8) is 0 Å². The number of rotatable bonds is 7. The summed E-state index contributed by atoms with van der Waals surface area (Å²) in [5, 5.41) is 0. The molecule has 0 N–H and O–H groups in total. The van der Waals surface area contributed by atoms with Crippen molar-refractivity contribution in [1.82, 2.24) is 0 Å². The minimum Gasteiger partial charge on any atom is -0.491 e. The average Bonchev–Trinajstić information content (AvgIpc) is 2.89. The van der Waals surface area contributed by atoms with E-state index in [1.54, 1.807) is 13.2 Å². The molecule has 0 aliphatic heterocycles. The Bertz CT molecular complexity index is 577. The third kappa shape index (κ3) is 4.08. The highest BCUT2D eigenvalue weighted by Gasteiger charge is 2.09. The van der Waals surface area contributed by atoms with Crippen LogP contribution in [0.1, 0.15) is 21.9 Å². The molecule has 0 unspecified atom stereocenters. The fourth-order valence-corrected chi connectivity index (χ4v) is 2.36. The monoisotopic (exact) mass is 386 g/mol. The van der Waals surface area contributed by atoms with E-state index in [2.05, 4.69) is 22.6 Å². The summed E-state index contributed by atoms with van der Waals surface area (Å²) in [5.41, 5.74) is 1.03. The predicted molar refractivity (Wildman–Crippen MR) is 83.4 cm³/mol. The topological polar surface area (TPSA) is 48.7 Å². The maximum Gasteiger partial charge on any atom is 0.185 e. The van der Waals surface area contributed by atoms with Gasteiger partial charge in [0, 0.05) is 22.7 Å². The molecule has 1 heterocycles. The van der Waals surface area contributed by atoms with Gasteiger partial charge in [-0.1, -0.05) is 0 Å². The zero-order valence-electron chi connectivity index (χ0n) is 11.1. The number of halogens is 1. The minimum absolute atomic E-state index is 0.340. The molecule has 0 spiro atoms. The van der Waals surface area contributed by atoms with Crippen LogP contribution in [-0.4, -0.2) is 26.6 Å². The van der Waals surface area contributed by atoms with Gasteiger partial charge in [0.1, 0.15) is 18.1 Å². The van der Waals surface area contributed by atoms with E-state index in [9.17, 15) is 4.79 Å². The normalized spacial score (nSPS) is 10.5. The quantitative estimate of drug-likeness (QED) is 0.416. The van der Waals surface area contributed by atoms with E-state index in [1.807, 2.05) is 24.3 Å². The van der Waals surface area contributed by atoms with Gasteiger partial charge in [0.2, 0.25) is 0 Å². The molecule has 5 heteroatoms. The zero-order chi connectivity index (χ0) is 14.4. The number of furan rings is 1. The third-order valence-corrected chi connectivity index (χ3v) is 3.40. The van der Waals surface area contributed by atoms with Crippen molar-refractivity contribution in [3.8, 4) is 5.75 Å². The third-order valence-electron chi connectivity index (χ3n) is 2.73. The van der Waals surface area contributed by atoms with Crippen molar-refractivity contribution < 1.29 is 18.7 Å². The Morgan fingerprint density at radius 3 is 2.80 bits per heavy atom. The molecule has 0 amide bonds. The summed E-state index contributed by atoms with van der Waals surface area (Å²) < 4.78 is 17.2. The molecule has 0 fully saturated rings. The first-order chi connectivity index (χ1) is 9.72. The lowest BCUT2D eigenvalue weighted by Gasteiger charge is -2.11. The van der Waals surface area contributed by atoms with Crippen LogP contribution in [0, 0.1) is 3.57 Å². The van der Waals surface area contributed by atoms with Gasteiger partial charge < -0.3 is 13.9 Å². The van der Waals surface area contributed by atoms with E-state index in [0.717, 1.165) is 20.6 Å². The standard InChI is InChI=1S/C15H15IO4/c1-18-6-7-19-15-5-2-12(16)8-11(15)9-13-3-4-14(10-17)20-13/h2-5,8,10H,6-7,9H2,1H3. The van der Waals surface area contributed by atoms with Crippen LogP contribution in [0.2, 0.25) is 0 Å². The molecule has 0 radical (unpaired) electrons.